The summed E-state index contributed by atoms with van der Waals surface area (Å²) >= 11 is 0. The van der Waals surface area contributed by atoms with E-state index in [0.717, 1.165) is 37.7 Å². The van der Waals surface area contributed by atoms with Crippen molar-refractivity contribution in [3.8, 4) is 0 Å². The number of carbonyl (C=O) groups excluding carboxylic acids is 2. The SMILES string of the molecule is CCCCC(C(O)/C=C/[C@H]1CCC(=O)N1CCc1ccc(C(=O)OC)cc1)C1CCC1. The molecule has 0 radical (unpaired) electrons. The molecule has 31 heavy (non-hydrogen) atoms. The zero-order chi connectivity index (χ0) is 22.2. The molecule has 1 aromatic rings. The highest BCUT2D eigenvalue weighted by atomic mass is 16.5. The van der Waals surface area contributed by atoms with Crippen LogP contribution in [-0.4, -0.2) is 47.7 Å². The van der Waals surface area contributed by atoms with Gasteiger partial charge in [0.05, 0.1) is 24.8 Å². The van der Waals surface area contributed by atoms with Crippen molar-refractivity contribution in [3.63, 3.8) is 0 Å². The third kappa shape index (κ3) is 6.19. The van der Waals surface area contributed by atoms with Gasteiger partial charge < -0.3 is 14.7 Å². The van der Waals surface area contributed by atoms with Crippen LogP contribution in [0.15, 0.2) is 36.4 Å². The lowest BCUT2D eigenvalue weighted by Gasteiger charge is -2.36. The first-order chi connectivity index (χ1) is 15.0. The van der Waals surface area contributed by atoms with Gasteiger partial charge in [-0.15, -0.1) is 0 Å². The number of esters is 1. The molecule has 5 heteroatoms. The van der Waals surface area contributed by atoms with Crippen molar-refractivity contribution in [1.82, 2.24) is 4.90 Å². The van der Waals surface area contributed by atoms with Gasteiger partial charge in [0.1, 0.15) is 0 Å². The zero-order valence-electron chi connectivity index (χ0n) is 19.0. The molecule has 3 atom stereocenters. The number of aliphatic hydroxyl groups is 1. The van der Waals surface area contributed by atoms with Crippen LogP contribution >= 0.6 is 0 Å². The fourth-order valence-corrected chi connectivity index (χ4v) is 4.80. The van der Waals surface area contributed by atoms with Crippen molar-refractivity contribution in [1.29, 1.82) is 0 Å². The minimum absolute atomic E-state index is 0.0599. The van der Waals surface area contributed by atoms with E-state index in [0.29, 0.717) is 30.4 Å². The number of methoxy groups -OCH3 is 1. The van der Waals surface area contributed by atoms with E-state index in [1.54, 1.807) is 12.1 Å². The molecule has 1 aliphatic carbocycles. The van der Waals surface area contributed by atoms with Crippen LogP contribution in [0.3, 0.4) is 0 Å². The van der Waals surface area contributed by atoms with E-state index in [1.165, 1.54) is 26.4 Å². The second-order valence-corrected chi connectivity index (χ2v) is 9.00. The van der Waals surface area contributed by atoms with Crippen LogP contribution in [0.4, 0.5) is 0 Å². The summed E-state index contributed by atoms with van der Waals surface area (Å²) in [7, 11) is 1.37. The van der Waals surface area contributed by atoms with Gasteiger partial charge in [-0.05, 0) is 48.8 Å². The lowest BCUT2D eigenvalue weighted by molar-refractivity contribution is -0.128. The average molecular weight is 428 g/mol. The number of unbranched alkanes of at least 4 members (excludes halogenated alkanes) is 1. The van der Waals surface area contributed by atoms with Gasteiger partial charge in [-0.25, -0.2) is 4.79 Å². The molecule has 170 valence electrons. The fourth-order valence-electron chi connectivity index (χ4n) is 4.80. The van der Waals surface area contributed by atoms with E-state index < -0.39 is 6.10 Å². The van der Waals surface area contributed by atoms with E-state index in [-0.39, 0.29) is 17.9 Å². The summed E-state index contributed by atoms with van der Waals surface area (Å²) in [5.41, 5.74) is 1.61. The largest absolute Gasteiger partial charge is 0.465 e. The molecule has 1 heterocycles. The molecule has 1 aromatic carbocycles. The third-order valence-corrected chi connectivity index (χ3v) is 7.01. The summed E-state index contributed by atoms with van der Waals surface area (Å²) in [4.78, 5) is 25.9. The average Bonchev–Trinajstić information content (AvgIpc) is 3.11. The minimum Gasteiger partial charge on any atom is -0.465 e. The normalized spacial score (nSPS) is 21.3. The third-order valence-electron chi connectivity index (χ3n) is 7.01. The molecule has 2 aliphatic rings. The molecule has 0 bridgehead atoms. The summed E-state index contributed by atoms with van der Waals surface area (Å²) in [6.07, 6.45) is 12.9. The van der Waals surface area contributed by atoms with Crippen LogP contribution in [0.25, 0.3) is 0 Å². The first-order valence-electron chi connectivity index (χ1n) is 11.9. The van der Waals surface area contributed by atoms with E-state index in [2.05, 4.69) is 13.0 Å². The Bertz CT molecular complexity index is 753. The number of nitrogens with zero attached hydrogens (tertiary/aromatic N) is 1. The highest BCUT2D eigenvalue weighted by Gasteiger charge is 2.32. The molecule has 1 N–H and O–H groups in total. The molecular formula is C26H37NO4. The predicted octanol–water partition coefficient (Wildman–Crippen LogP) is 4.53. The Balaban J connectivity index is 1.56. The Morgan fingerprint density at radius 1 is 1.26 bits per heavy atom. The Morgan fingerprint density at radius 2 is 2.00 bits per heavy atom. The van der Waals surface area contributed by atoms with Gasteiger partial charge in [0.15, 0.2) is 0 Å². The highest BCUT2D eigenvalue weighted by molar-refractivity contribution is 5.89. The quantitative estimate of drug-likeness (QED) is 0.416. The Morgan fingerprint density at radius 3 is 2.61 bits per heavy atom. The molecule has 2 unspecified atom stereocenters. The van der Waals surface area contributed by atoms with Crippen LogP contribution in [0.5, 0.6) is 0 Å². The number of rotatable bonds is 11. The molecule has 1 aliphatic heterocycles. The van der Waals surface area contributed by atoms with Gasteiger partial charge in [0.25, 0.3) is 0 Å². The van der Waals surface area contributed by atoms with Crippen molar-refractivity contribution >= 4 is 11.9 Å². The summed E-state index contributed by atoms with van der Waals surface area (Å²) in [6, 6.07) is 7.41. The Kier molecular flexibility index (Phi) is 8.70. The molecule has 1 saturated heterocycles. The van der Waals surface area contributed by atoms with E-state index in [1.807, 2.05) is 23.1 Å². The van der Waals surface area contributed by atoms with Crippen LogP contribution in [0.1, 0.15) is 74.2 Å². The fraction of sp³-hybridized carbons (Fsp3) is 0.615. The minimum atomic E-state index is -0.416. The number of aliphatic hydroxyl groups excluding tert-OH is 1. The molecule has 3 rings (SSSR count). The number of hydrogen-bond acceptors (Lipinski definition) is 4. The highest BCUT2D eigenvalue weighted by Crippen LogP contribution is 2.38. The smallest absolute Gasteiger partial charge is 0.337 e. The molecule has 1 amide bonds. The standard InChI is InChI=1S/C26H37NO4/c1-3-4-8-23(20-6-5-7-20)24(28)15-13-22-14-16-25(29)27(22)18-17-19-9-11-21(12-10-19)26(30)31-2/h9-13,15,20,22-24,28H,3-8,14,16-18H2,1-2H3/b15-13+/t22-,23?,24?/m0/s1. The first-order valence-corrected chi connectivity index (χ1v) is 11.9. The number of hydrogen-bond donors (Lipinski definition) is 1. The van der Waals surface area contributed by atoms with Gasteiger partial charge in [-0.1, -0.05) is 63.3 Å². The first kappa shape index (κ1) is 23.5. The van der Waals surface area contributed by atoms with Gasteiger partial charge in [0.2, 0.25) is 5.91 Å². The maximum atomic E-state index is 12.4. The number of carbonyl (C=O) groups is 2. The van der Waals surface area contributed by atoms with Crippen molar-refractivity contribution in [2.45, 2.75) is 76.9 Å². The lowest BCUT2D eigenvalue weighted by atomic mass is 9.71. The topological polar surface area (TPSA) is 66.8 Å². The molecular weight excluding hydrogens is 390 g/mol. The van der Waals surface area contributed by atoms with Gasteiger partial charge in [0, 0.05) is 13.0 Å². The van der Waals surface area contributed by atoms with Crippen molar-refractivity contribution in [2.75, 3.05) is 13.7 Å². The lowest BCUT2D eigenvalue weighted by Crippen LogP contribution is -2.34. The molecule has 0 spiro atoms. The summed E-state index contributed by atoms with van der Waals surface area (Å²) in [6.45, 7) is 2.84. The number of likely N-dealkylation sites (tertiary alicyclic amines) is 1. The monoisotopic (exact) mass is 427 g/mol. The maximum Gasteiger partial charge on any atom is 0.337 e. The van der Waals surface area contributed by atoms with E-state index in [4.69, 9.17) is 4.74 Å². The van der Waals surface area contributed by atoms with Crippen molar-refractivity contribution < 1.29 is 19.4 Å². The summed E-state index contributed by atoms with van der Waals surface area (Å²) in [5, 5.41) is 10.9. The molecule has 2 fully saturated rings. The van der Waals surface area contributed by atoms with E-state index >= 15 is 0 Å². The number of benzene rings is 1. The van der Waals surface area contributed by atoms with Gasteiger partial charge in [-0.2, -0.15) is 0 Å². The Labute approximate surface area is 186 Å². The molecule has 5 nitrogen and oxygen atoms in total. The number of ether oxygens (including phenoxy) is 1. The van der Waals surface area contributed by atoms with Crippen LogP contribution < -0.4 is 0 Å². The summed E-state index contributed by atoms with van der Waals surface area (Å²) in [5.74, 6) is 0.838. The summed E-state index contributed by atoms with van der Waals surface area (Å²) < 4.78 is 4.74. The van der Waals surface area contributed by atoms with Crippen LogP contribution in [0, 0.1) is 11.8 Å². The van der Waals surface area contributed by atoms with Gasteiger partial charge in [-0.3, -0.25) is 4.79 Å². The second-order valence-electron chi connectivity index (χ2n) is 9.00. The van der Waals surface area contributed by atoms with Gasteiger partial charge >= 0.3 is 5.97 Å². The van der Waals surface area contributed by atoms with Crippen molar-refractivity contribution in [2.24, 2.45) is 11.8 Å². The zero-order valence-corrected chi connectivity index (χ0v) is 19.0. The maximum absolute atomic E-state index is 12.4. The van der Waals surface area contributed by atoms with Crippen LogP contribution in [-0.2, 0) is 16.0 Å². The van der Waals surface area contributed by atoms with E-state index in [9.17, 15) is 14.7 Å². The predicted molar refractivity (Wildman–Crippen MR) is 122 cm³/mol. The van der Waals surface area contributed by atoms with Crippen LogP contribution in [0.2, 0.25) is 0 Å². The second kappa shape index (κ2) is 11.5. The number of amides is 1. The molecule has 1 saturated carbocycles. The molecule has 0 aromatic heterocycles. The van der Waals surface area contributed by atoms with Crippen molar-refractivity contribution in [3.05, 3.63) is 47.5 Å². The Hall–Kier alpha value is -2.14.